The number of hydrogen-bond donors (Lipinski definition) is 1. The number of nitrogens with zero attached hydrogens (tertiary/aromatic N) is 1. The summed E-state index contributed by atoms with van der Waals surface area (Å²) in [5.41, 5.74) is 2.92. The first kappa shape index (κ1) is 15.3. The lowest BCUT2D eigenvalue weighted by Crippen LogP contribution is -2.39. The monoisotopic (exact) mass is 307 g/mol. The summed E-state index contributed by atoms with van der Waals surface area (Å²) in [7, 11) is 0. The van der Waals surface area contributed by atoms with Crippen LogP contribution in [0.4, 0.5) is 9.18 Å². The molecular weight excluding hydrogens is 293 g/mol. The van der Waals surface area contributed by atoms with Crippen LogP contribution in [-0.4, -0.2) is 22.6 Å². The lowest BCUT2D eigenvalue weighted by Gasteiger charge is -2.35. The zero-order valence-electron chi connectivity index (χ0n) is 11.2. The number of halogens is 2. The van der Waals surface area contributed by atoms with Crippen molar-refractivity contribution >= 4 is 18.5 Å². The number of carbonyl (C=O) groups is 1. The van der Waals surface area contributed by atoms with Crippen molar-refractivity contribution in [2.75, 3.05) is 6.54 Å². The third-order valence-corrected chi connectivity index (χ3v) is 3.71. The highest BCUT2D eigenvalue weighted by Crippen LogP contribution is 2.35. The van der Waals surface area contributed by atoms with Crippen LogP contribution in [-0.2, 0) is 6.42 Å². The molecule has 0 radical (unpaired) electrons. The van der Waals surface area contributed by atoms with Gasteiger partial charge in [-0.15, -0.1) is 12.4 Å². The van der Waals surface area contributed by atoms with Crippen LogP contribution >= 0.6 is 12.4 Å². The third kappa shape index (κ3) is 2.85. The molecule has 0 fully saturated rings. The number of hydrogen-bond acceptors (Lipinski definition) is 1. The Labute approximate surface area is 128 Å². The van der Waals surface area contributed by atoms with Gasteiger partial charge in [0.25, 0.3) is 0 Å². The summed E-state index contributed by atoms with van der Waals surface area (Å²) in [6.45, 7) is 0.453. The Hall–Kier alpha value is -2.07. The van der Waals surface area contributed by atoms with Gasteiger partial charge in [0.15, 0.2) is 0 Å². The van der Waals surface area contributed by atoms with Crippen molar-refractivity contribution in [3.63, 3.8) is 0 Å². The second-order valence-corrected chi connectivity index (χ2v) is 4.88. The van der Waals surface area contributed by atoms with E-state index in [1.54, 1.807) is 12.1 Å². The molecule has 3 nitrogen and oxygen atoms in total. The molecule has 2 aromatic carbocycles. The molecule has 110 valence electrons. The highest BCUT2D eigenvalue weighted by molar-refractivity contribution is 5.85. The standard InChI is InChI=1S/C16H14FNO2.ClH/c17-13-7-5-12(6-8-13)15-14-4-2-1-3-11(14)9-10-18(15)16(19)20;/h1-8,15H,9-10H2,(H,19,20);1H/t15-;/m0./s1. The van der Waals surface area contributed by atoms with Gasteiger partial charge in [0.05, 0.1) is 6.04 Å². The highest BCUT2D eigenvalue weighted by atomic mass is 35.5. The van der Waals surface area contributed by atoms with Crippen LogP contribution < -0.4 is 0 Å². The maximum absolute atomic E-state index is 13.1. The van der Waals surface area contributed by atoms with Gasteiger partial charge in [-0.25, -0.2) is 9.18 Å². The summed E-state index contributed by atoms with van der Waals surface area (Å²) in [6, 6.07) is 13.5. The molecule has 2 aromatic rings. The minimum atomic E-state index is -0.950. The molecule has 1 atom stereocenters. The summed E-state index contributed by atoms with van der Waals surface area (Å²) >= 11 is 0. The van der Waals surface area contributed by atoms with Gasteiger partial charge in [0.1, 0.15) is 5.82 Å². The van der Waals surface area contributed by atoms with Crippen molar-refractivity contribution in [1.29, 1.82) is 0 Å². The van der Waals surface area contributed by atoms with E-state index in [0.717, 1.165) is 16.7 Å². The number of amides is 1. The predicted octanol–water partition coefficient (Wildman–Crippen LogP) is 3.87. The van der Waals surface area contributed by atoms with Crippen LogP contribution in [0, 0.1) is 5.82 Å². The lowest BCUT2D eigenvalue weighted by atomic mass is 9.88. The van der Waals surface area contributed by atoms with E-state index in [1.165, 1.54) is 17.0 Å². The second-order valence-electron chi connectivity index (χ2n) is 4.88. The molecule has 0 saturated carbocycles. The van der Waals surface area contributed by atoms with Gasteiger partial charge in [-0.3, -0.25) is 4.90 Å². The molecule has 0 unspecified atom stereocenters. The molecule has 0 spiro atoms. The zero-order chi connectivity index (χ0) is 14.1. The lowest BCUT2D eigenvalue weighted by molar-refractivity contribution is 0.129. The van der Waals surface area contributed by atoms with E-state index in [0.29, 0.717) is 13.0 Å². The van der Waals surface area contributed by atoms with E-state index in [-0.39, 0.29) is 24.3 Å². The van der Waals surface area contributed by atoms with E-state index in [2.05, 4.69) is 0 Å². The fourth-order valence-electron chi connectivity index (χ4n) is 2.78. The van der Waals surface area contributed by atoms with Gasteiger partial charge in [-0.1, -0.05) is 36.4 Å². The first-order valence-corrected chi connectivity index (χ1v) is 6.49. The van der Waals surface area contributed by atoms with Crippen molar-refractivity contribution in [3.05, 3.63) is 71.0 Å². The molecule has 0 bridgehead atoms. The quantitative estimate of drug-likeness (QED) is 0.868. The van der Waals surface area contributed by atoms with Gasteiger partial charge >= 0.3 is 6.09 Å². The molecule has 1 amide bonds. The van der Waals surface area contributed by atoms with Crippen LogP contribution in [0.25, 0.3) is 0 Å². The van der Waals surface area contributed by atoms with Crippen molar-refractivity contribution < 1.29 is 14.3 Å². The summed E-state index contributed by atoms with van der Waals surface area (Å²) in [4.78, 5) is 12.9. The van der Waals surface area contributed by atoms with Gasteiger partial charge < -0.3 is 5.11 Å². The predicted molar refractivity (Wildman–Crippen MR) is 80.4 cm³/mol. The molecule has 0 saturated heterocycles. The van der Waals surface area contributed by atoms with E-state index < -0.39 is 6.09 Å². The molecule has 3 rings (SSSR count). The minimum absolute atomic E-state index is 0. The van der Waals surface area contributed by atoms with Crippen LogP contribution in [0.3, 0.4) is 0 Å². The fourth-order valence-corrected chi connectivity index (χ4v) is 2.78. The van der Waals surface area contributed by atoms with Crippen LogP contribution in [0.15, 0.2) is 48.5 Å². The Morgan fingerprint density at radius 2 is 1.81 bits per heavy atom. The molecule has 1 aliphatic rings. The molecule has 1 aliphatic heterocycles. The van der Waals surface area contributed by atoms with Crippen molar-refractivity contribution in [2.24, 2.45) is 0 Å². The normalized spacial score (nSPS) is 16.8. The first-order chi connectivity index (χ1) is 9.66. The largest absolute Gasteiger partial charge is 0.465 e. The van der Waals surface area contributed by atoms with Crippen LogP contribution in [0.2, 0.25) is 0 Å². The number of benzene rings is 2. The molecule has 21 heavy (non-hydrogen) atoms. The summed E-state index contributed by atoms with van der Waals surface area (Å²) in [5, 5.41) is 9.40. The molecular formula is C16H15ClFNO2. The SMILES string of the molecule is Cl.O=C(O)N1CCc2ccccc2[C@@H]1c1ccc(F)cc1. The maximum atomic E-state index is 13.1. The fraction of sp³-hybridized carbons (Fsp3) is 0.188. The van der Waals surface area contributed by atoms with Gasteiger partial charge in [0.2, 0.25) is 0 Å². The molecule has 1 heterocycles. The van der Waals surface area contributed by atoms with Crippen molar-refractivity contribution in [2.45, 2.75) is 12.5 Å². The topological polar surface area (TPSA) is 40.5 Å². The Bertz CT molecular complexity index is 645. The Morgan fingerprint density at radius 1 is 1.14 bits per heavy atom. The summed E-state index contributed by atoms with van der Waals surface area (Å²) < 4.78 is 13.1. The van der Waals surface area contributed by atoms with Crippen LogP contribution in [0.1, 0.15) is 22.7 Å². The molecule has 1 N–H and O–H groups in total. The minimum Gasteiger partial charge on any atom is -0.465 e. The Morgan fingerprint density at radius 3 is 2.48 bits per heavy atom. The average Bonchev–Trinajstić information content (AvgIpc) is 2.47. The number of rotatable bonds is 1. The van der Waals surface area contributed by atoms with E-state index >= 15 is 0 Å². The second kappa shape index (κ2) is 6.14. The van der Waals surface area contributed by atoms with Crippen LogP contribution in [0.5, 0.6) is 0 Å². The zero-order valence-corrected chi connectivity index (χ0v) is 12.0. The van der Waals surface area contributed by atoms with Crippen molar-refractivity contribution in [3.8, 4) is 0 Å². The van der Waals surface area contributed by atoms with E-state index in [9.17, 15) is 14.3 Å². The summed E-state index contributed by atoms with van der Waals surface area (Å²) in [5.74, 6) is -0.320. The summed E-state index contributed by atoms with van der Waals surface area (Å²) in [6.07, 6.45) is -0.242. The average molecular weight is 308 g/mol. The molecule has 0 aliphatic carbocycles. The first-order valence-electron chi connectivity index (χ1n) is 6.49. The number of fused-ring (bicyclic) bond motifs is 1. The van der Waals surface area contributed by atoms with Gasteiger partial charge in [-0.05, 0) is 35.2 Å². The Balaban J connectivity index is 0.00000161. The maximum Gasteiger partial charge on any atom is 0.408 e. The number of carboxylic acid groups (broad SMARTS) is 1. The van der Waals surface area contributed by atoms with E-state index in [1.807, 2.05) is 24.3 Å². The van der Waals surface area contributed by atoms with Gasteiger partial charge in [0, 0.05) is 6.54 Å². The molecule has 0 aromatic heterocycles. The van der Waals surface area contributed by atoms with Gasteiger partial charge in [-0.2, -0.15) is 0 Å². The smallest absolute Gasteiger partial charge is 0.408 e. The third-order valence-electron chi connectivity index (χ3n) is 3.71. The van der Waals surface area contributed by atoms with Crippen molar-refractivity contribution in [1.82, 2.24) is 4.90 Å². The van der Waals surface area contributed by atoms with E-state index in [4.69, 9.17) is 0 Å². The Kier molecular flexibility index (Phi) is 4.48. The highest BCUT2D eigenvalue weighted by Gasteiger charge is 2.31. The molecule has 5 heteroatoms.